The first kappa shape index (κ1) is 12.0. The number of rotatable bonds is 6. The average molecular weight is 199 g/mol. The molecule has 0 aromatic carbocycles. The minimum atomic E-state index is 0.637. The topological polar surface area (TPSA) is 21.3 Å². The molecule has 2 nitrogen and oxygen atoms in total. The second-order valence-corrected chi connectivity index (χ2v) is 4.67. The van der Waals surface area contributed by atoms with Crippen LogP contribution in [0.5, 0.6) is 0 Å². The molecule has 0 spiro atoms. The summed E-state index contributed by atoms with van der Waals surface area (Å²) in [6.07, 6.45) is 5.54. The molecule has 1 fully saturated rings. The van der Waals surface area contributed by atoms with Gasteiger partial charge in [0.05, 0.1) is 0 Å². The molecule has 0 radical (unpaired) electrons. The van der Waals surface area contributed by atoms with Crippen LogP contribution in [0.4, 0.5) is 0 Å². The van der Waals surface area contributed by atoms with Gasteiger partial charge in [-0.25, -0.2) is 0 Å². The summed E-state index contributed by atoms with van der Waals surface area (Å²) >= 11 is 0. The molecule has 0 aliphatic heterocycles. The van der Waals surface area contributed by atoms with Crippen LogP contribution in [0.25, 0.3) is 0 Å². The van der Waals surface area contributed by atoms with Crippen molar-refractivity contribution in [1.82, 2.24) is 5.32 Å². The van der Waals surface area contributed by atoms with E-state index in [1.165, 1.54) is 25.7 Å². The zero-order valence-electron chi connectivity index (χ0n) is 9.88. The maximum atomic E-state index is 5.13. The fourth-order valence-electron chi connectivity index (χ4n) is 2.49. The molecule has 1 aliphatic rings. The molecule has 2 heteroatoms. The van der Waals surface area contributed by atoms with Crippen LogP contribution >= 0.6 is 0 Å². The minimum absolute atomic E-state index is 0.637. The maximum Gasteiger partial charge on any atom is 0.0499 e. The summed E-state index contributed by atoms with van der Waals surface area (Å²) in [7, 11) is 1.78. The van der Waals surface area contributed by atoms with Crippen LogP contribution in [0, 0.1) is 11.8 Å². The van der Waals surface area contributed by atoms with E-state index in [1.54, 1.807) is 7.11 Å². The van der Waals surface area contributed by atoms with Gasteiger partial charge < -0.3 is 10.1 Å². The van der Waals surface area contributed by atoms with E-state index in [4.69, 9.17) is 4.74 Å². The van der Waals surface area contributed by atoms with E-state index >= 15 is 0 Å². The van der Waals surface area contributed by atoms with E-state index in [1.807, 2.05) is 0 Å². The Morgan fingerprint density at radius 2 is 2.21 bits per heavy atom. The van der Waals surface area contributed by atoms with E-state index in [0.717, 1.165) is 25.1 Å². The minimum Gasteiger partial charge on any atom is -0.384 e. The summed E-state index contributed by atoms with van der Waals surface area (Å²) in [5.41, 5.74) is 0. The van der Waals surface area contributed by atoms with Crippen LogP contribution in [0.3, 0.4) is 0 Å². The van der Waals surface area contributed by atoms with Crippen molar-refractivity contribution in [2.24, 2.45) is 11.8 Å². The molecular weight excluding hydrogens is 174 g/mol. The highest BCUT2D eigenvalue weighted by Crippen LogP contribution is 2.27. The normalized spacial score (nSPS) is 29.4. The molecule has 1 saturated carbocycles. The quantitative estimate of drug-likeness (QED) is 0.709. The zero-order valence-corrected chi connectivity index (χ0v) is 9.88. The first-order valence-electron chi connectivity index (χ1n) is 6.00. The molecule has 0 heterocycles. The summed E-state index contributed by atoms with van der Waals surface area (Å²) in [5.74, 6) is 1.56. The van der Waals surface area contributed by atoms with Crippen LogP contribution in [0.15, 0.2) is 0 Å². The zero-order chi connectivity index (χ0) is 10.4. The Bertz CT molecular complexity index is 149. The Labute approximate surface area is 88.4 Å². The smallest absolute Gasteiger partial charge is 0.0499 e. The van der Waals surface area contributed by atoms with Crippen molar-refractivity contribution in [1.29, 1.82) is 0 Å². The maximum absolute atomic E-state index is 5.13. The summed E-state index contributed by atoms with van der Waals surface area (Å²) in [6, 6.07) is 0.777. The van der Waals surface area contributed by atoms with E-state index < -0.39 is 0 Å². The lowest BCUT2D eigenvalue weighted by Gasteiger charge is -2.21. The van der Waals surface area contributed by atoms with Gasteiger partial charge >= 0.3 is 0 Å². The van der Waals surface area contributed by atoms with Gasteiger partial charge in [-0.05, 0) is 24.7 Å². The molecule has 1 N–H and O–H groups in total. The highest BCUT2D eigenvalue weighted by atomic mass is 16.5. The van der Waals surface area contributed by atoms with E-state index in [-0.39, 0.29) is 0 Å². The van der Waals surface area contributed by atoms with Gasteiger partial charge in [0.2, 0.25) is 0 Å². The molecule has 84 valence electrons. The van der Waals surface area contributed by atoms with Gasteiger partial charge in [-0.1, -0.05) is 26.7 Å². The Hall–Kier alpha value is -0.0800. The average Bonchev–Trinajstić information content (AvgIpc) is 2.62. The predicted molar refractivity (Wildman–Crippen MR) is 60.5 cm³/mol. The number of hydrogen-bond donors (Lipinski definition) is 1. The van der Waals surface area contributed by atoms with E-state index in [9.17, 15) is 0 Å². The highest BCUT2D eigenvalue weighted by molar-refractivity contribution is 4.82. The summed E-state index contributed by atoms with van der Waals surface area (Å²) in [6.45, 7) is 6.53. The van der Waals surface area contributed by atoms with Crippen LogP contribution in [0.2, 0.25) is 0 Å². The third-order valence-corrected chi connectivity index (χ3v) is 3.36. The van der Waals surface area contributed by atoms with E-state index in [2.05, 4.69) is 19.2 Å². The molecule has 0 bridgehead atoms. The SMILES string of the molecule is CCC1CCCC1NCC(C)COC. The Morgan fingerprint density at radius 1 is 1.43 bits per heavy atom. The predicted octanol–water partition coefficient (Wildman–Crippen LogP) is 2.44. The monoisotopic (exact) mass is 199 g/mol. The van der Waals surface area contributed by atoms with Gasteiger partial charge in [0.25, 0.3) is 0 Å². The molecule has 0 aromatic rings. The third-order valence-electron chi connectivity index (χ3n) is 3.36. The van der Waals surface area contributed by atoms with Gasteiger partial charge in [0.15, 0.2) is 0 Å². The van der Waals surface area contributed by atoms with Gasteiger partial charge in [-0.15, -0.1) is 0 Å². The first-order valence-corrected chi connectivity index (χ1v) is 6.00. The highest BCUT2D eigenvalue weighted by Gasteiger charge is 2.25. The van der Waals surface area contributed by atoms with Crippen molar-refractivity contribution >= 4 is 0 Å². The van der Waals surface area contributed by atoms with Crippen molar-refractivity contribution in [3.8, 4) is 0 Å². The number of methoxy groups -OCH3 is 1. The number of hydrogen-bond acceptors (Lipinski definition) is 2. The lowest BCUT2D eigenvalue weighted by molar-refractivity contribution is 0.155. The second-order valence-electron chi connectivity index (χ2n) is 4.67. The fourth-order valence-corrected chi connectivity index (χ4v) is 2.49. The van der Waals surface area contributed by atoms with Crippen LogP contribution in [-0.4, -0.2) is 26.3 Å². The van der Waals surface area contributed by atoms with Crippen molar-refractivity contribution in [3.05, 3.63) is 0 Å². The molecule has 0 saturated heterocycles. The van der Waals surface area contributed by atoms with Crippen molar-refractivity contribution in [2.75, 3.05) is 20.3 Å². The van der Waals surface area contributed by atoms with Crippen molar-refractivity contribution in [2.45, 2.75) is 45.6 Å². The number of ether oxygens (including phenoxy) is 1. The number of nitrogens with one attached hydrogen (secondary N) is 1. The van der Waals surface area contributed by atoms with E-state index in [0.29, 0.717) is 5.92 Å². The summed E-state index contributed by atoms with van der Waals surface area (Å²) in [4.78, 5) is 0. The largest absolute Gasteiger partial charge is 0.384 e. The Morgan fingerprint density at radius 3 is 2.86 bits per heavy atom. The van der Waals surface area contributed by atoms with Crippen LogP contribution in [-0.2, 0) is 4.74 Å². The van der Waals surface area contributed by atoms with Crippen LogP contribution in [0.1, 0.15) is 39.5 Å². The second kappa shape index (κ2) is 6.41. The lowest BCUT2D eigenvalue weighted by Crippen LogP contribution is -2.36. The summed E-state index contributed by atoms with van der Waals surface area (Å²) in [5, 5.41) is 3.69. The lowest BCUT2D eigenvalue weighted by atomic mass is 10.0. The molecule has 0 aromatic heterocycles. The summed E-state index contributed by atoms with van der Waals surface area (Å²) < 4.78 is 5.13. The molecular formula is C12H25NO. The molecule has 14 heavy (non-hydrogen) atoms. The van der Waals surface area contributed by atoms with Gasteiger partial charge in [0, 0.05) is 26.3 Å². The third kappa shape index (κ3) is 3.58. The van der Waals surface area contributed by atoms with Crippen LogP contribution < -0.4 is 5.32 Å². The molecule has 0 amide bonds. The first-order chi connectivity index (χ1) is 6.77. The Kier molecular flexibility index (Phi) is 5.49. The van der Waals surface area contributed by atoms with Crippen molar-refractivity contribution in [3.63, 3.8) is 0 Å². The molecule has 3 unspecified atom stereocenters. The molecule has 1 rings (SSSR count). The fraction of sp³-hybridized carbons (Fsp3) is 1.00. The van der Waals surface area contributed by atoms with Gasteiger partial charge in [-0.3, -0.25) is 0 Å². The molecule has 3 atom stereocenters. The molecule has 1 aliphatic carbocycles. The standard InChI is InChI=1S/C12H25NO/c1-4-11-6-5-7-12(11)13-8-10(2)9-14-3/h10-13H,4-9H2,1-3H3. The van der Waals surface area contributed by atoms with Crippen molar-refractivity contribution < 1.29 is 4.74 Å². The van der Waals surface area contributed by atoms with Gasteiger partial charge in [-0.2, -0.15) is 0 Å². The van der Waals surface area contributed by atoms with Gasteiger partial charge in [0.1, 0.15) is 0 Å². The Balaban J connectivity index is 2.16.